The lowest BCUT2D eigenvalue weighted by Gasteiger charge is -2.13. The van der Waals surface area contributed by atoms with Gasteiger partial charge in [0.05, 0.1) is 6.04 Å². The summed E-state index contributed by atoms with van der Waals surface area (Å²) in [5, 5.41) is 6.20. The number of hydrogen-bond acceptors (Lipinski definition) is 3. The van der Waals surface area contributed by atoms with Gasteiger partial charge < -0.3 is 15.4 Å². The fraction of sp³-hybridized carbons (Fsp3) is 0.417. The molecule has 4 heteroatoms. The number of rotatable bonds is 2. The maximum Gasteiger partial charge on any atom is 0.407 e. The van der Waals surface area contributed by atoms with Gasteiger partial charge in [0.1, 0.15) is 6.61 Å². The van der Waals surface area contributed by atoms with E-state index in [9.17, 15) is 4.79 Å². The molecule has 1 saturated heterocycles. The second kappa shape index (κ2) is 3.70. The lowest BCUT2D eigenvalue weighted by molar-refractivity contribution is 0.176. The number of carbonyl (C=O) groups excluding carboxylic acids is 1. The molecule has 1 fully saturated rings. The standard InChI is InChI=1S/C12H14N2O2/c15-12-14-9(7-16-12)5-8-6-13-11-4-2-1-3-10(8)11/h1-4,8-9,13H,5-7H2,(H,14,15)/t8-,9+/m0/s1. The van der Waals surface area contributed by atoms with Crippen molar-refractivity contribution >= 4 is 11.8 Å². The number of ether oxygens (including phenoxy) is 1. The van der Waals surface area contributed by atoms with Crippen molar-refractivity contribution in [2.75, 3.05) is 18.5 Å². The predicted molar refractivity (Wildman–Crippen MR) is 60.6 cm³/mol. The van der Waals surface area contributed by atoms with Crippen LogP contribution >= 0.6 is 0 Å². The Balaban J connectivity index is 1.71. The summed E-state index contributed by atoms with van der Waals surface area (Å²) in [4.78, 5) is 10.9. The molecule has 0 spiro atoms. The molecule has 2 N–H and O–H groups in total. The minimum atomic E-state index is -0.288. The van der Waals surface area contributed by atoms with Gasteiger partial charge in [-0.2, -0.15) is 0 Å². The van der Waals surface area contributed by atoms with Crippen LogP contribution in [0.4, 0.5) is 10.5 Å². The molecule has 0 bridgehead atoms. The maximum absolute atomic E-state index is 10.9. The van der Waals surface area contributed by atoms with Crippen molar-refractivity contribution in [2.45, 2.75) is 18.4 Å². The molecule has 16 heavy (non-hydrogen) atoms. The van der Waals surface area contributed by atoms with Crippen LogP contribution in [-0.2, 0) is 4.74 Å². The van der Waals surface area contributed by atoms with Crippen molar-refractivity contribution in [3.63, 3.8) is 0 Å². The van der Waals surface area contributed by atoms with Crippen molar-refractivity contribution in [2.24, 2.45) is 0 Å². The highest BCUT2D eigenvalue weighted by molar-refractivity contribution is 5.69. The van der Waals surface area contributed by atoms with Crippen molar-refractivity contribution in [1.82, 2.24) is 5.32 Å². The molecule has 0 saturated carbocycles. The zero-order valence-corrected chi connectivity index (χ0v) is 8.90. The van der Waals surface area contributed by atoms with Crippen LogP contribution in [0.15, 0.2) is 24.3 Å². The molecule has 0 unspecified atom stereocenters. The molecule has 2 aliphatic rings. The molecular formula is C12H14N2O2. The van der Waals surface area contributed by atoms with E-state index in [1.807, 2.05) is 6.07 Å². The van der Waals surface area contributed by atoms with E-state index in [4.69, 9.17) is 4.74 Å². The van der Waals surface area contributed by atoms with Crippen LogP contribution in [0.2, 0.25) is 0 Å². The summed E-state index contributed by atoms with van der Waals surface area (Å²) in [5.74, 6) is 0.475. The van der Waals surface area contributed by atoms with E-state index >= 15 is 0 Å². The van der Waals surface area contributed by atoms with E-state index < -0.39 is 0 Å². The highest BCUT2D eigenvalue weighted by Crippen LogP contribution is 2.34. The van der Waals surface area contributed by atoms with E-state index in [-0.39, 0.29) is 12.1 Å². The van der Waals surface area contributed by atoms with Gasteiger partial charge in [0.2, 0.25) is 0 Å². The number of alkyl carbamates (subject to hydrolysis) is 1. The SMILES string of the molecule is O=C1N[C@H](C[C@H]2CNc3ccccc32)CO1. The van der Waals surface area contributed by atoms with E-state index in [1.54, 1.807) is 0 Å². The fourth-order valence-electron chi connectivity index (χ4n) is 2.46. The van der Waals surface area contributed by atoms with E-state index in [0.717, 1.165) is 13.0 Å². The van der Waals surface area contributed by atoms with Gasteiger partial charge in [0.15, 0.2) is 0 Å². The Morgan fingerprint density at radius 3 is 3.06 bits per heavy atom. The molecule has 1 aromatic carbocycles. The Bertz CT molecular complexity index is 419. The van der Waals surface area contributed by atoms with Gasteiger partial charge >= 0.3 is 6.09 Å². The Hall–Kier alpha value is -1.71. The van der Waals surface area contributed by atoms with Crippen LogP contribution in [0.25, 0.3) is 0 Å². The van der Waals surface area contributed by atoms with E-state index in [1.165, 1.54) is 11.3 Å². The van der Waals surface area contributed by atoms with Crippen LogP contribution in [-0.4, -0.2) is 25.3 Å². The Labute approximate surface area is 94.0 Å². The topological polar surface area (TPSA) is 50.4 Å². The zero-order chi connectivity index (χ0) is 11.0. The number of benzene rings is 1. The molecule has 2 atom stereocenters. The minimum absolute atomic E-state index is 0.158. The first kappa shape index (κ1) is 9.51. The van der Waals surface area contributed by atoms with Gasteiger partial charge in [0.25, 0.3) is 0 Å². The number of para-hydroxylation sites is 1. The van der Waals surface area contributed by atoms with Gasteiger partial charge in [-0.05, 0) is 18.1 Å². The second-order valence-corrected chi connectivity index (χ2v) is 4.34. The van der Waals surface area contributed by atoms with Gasteiger partial charge in [-0.1, -0.05) is 18.2 Å². The highest BCUT2D eigenvalue weighted by Gasteiger charge is 2.29. The summed E-state index contributed by atoms with van der Waals surface area (Å²) in [6.45, 7) is 1.45. The molecule has 1 amide bonds. The monoisotopic (exact) mass is 218 g/mol. The average Bonchev–Trinajstić information content (AvgIpc) is 2.87. The van der Waals surface area contributed by atoms with Gasteiger partial charge in [-0.15, -0.1) is 0 Å². The van der Waals surface area contributed by atoms with Gasteiger partial charge in [-0.25, -0.2) is 4.79 Å². The summed E-state index contributed by atoms with van der Waals surface area (Å²) in [6, 6.07) is 8.50. The number of cyclic esters (lactones) is 1. The number of carbonyl (C=O) groups is 1. The normalized spacial score (nSPS) is 26.9. The fourth-order valence-corrected chi connectivity index (χ4v) is 2.46. The number of fused-ring (bicyclic) bond motifs is 1. The Morgan fingerprint density at radius 2 is 2.25 bits per heavy atom. The number of hydrogen-bond donors (Lipinski definition) is 2. The molecule has 4 nitrogen and oxygen atoms in total. The van der Waals surface area contributed by atoms with Crippen LogP contribution in [0.1, 0.15) is 17.9 Å². The quantitative estimate of drug-likeness (QED) is 0.794. The molecule has 0 radical (unpaired) electrons. The molecule has 1 aromatic rings. The first-order valence-corrected chi connectivity index (χ1v) is 5.59. The third kappa shape index (κ3) is 1.60. The van der Waals surface area contributed by atoms with Crippen molar-refractivity contribution < 1.29 is 9.53 Å². The summed E-state index contributed by atoms with van der Waals surface area (Å²) in [7, 11) is 0. The Kier molecular flexibility index (Phi) is 2.20. The second-order valence-electron chi connectivity index (χ2n) is 4.34. The minimum Gasteiger partial charge on any atom is -0.447 e. The van der Waals surface area contributed by atoms with Crippen molar-refractivity contribution in [1.29, 1.82) is 0 Å². The predicted octanol–water partition coefficient (Wildman–Crippen LogP) is 1.69. The van der Waals surface area contributed by atoms with Crippen LogP contribution in [0.5, 0.6) is 0 Å². The third-order valence-electron chi connectivity index (χ3n) is 3.25. The maximum atomic E-state index is 10.9. The Morgan fingerprint density at radius 1 is 1.38 bits per heavy atom. The third-order valence-corrected chi connectivity index (χ3v) is 3.25. The van der Waals surface area contributed by atoms with Crippen LogP contribution < -0.4 is 10.6 Å². The van der Waals surface area contributed by atoms with Crippen LogP contribution in [0.3, 0.4) is 0 Å². The first-order valence-electron chi connectivity index (χ1n) is 5.59. The molecule has 0 aliphatic carbocycles. The van der Waals surface area contributed by atoms with E-state index in [2.05, 4.69) is 28.8 Å². The lowest BCUT2D eigenvalue weighted by Crippen LogP contribution is -2.28. The van der Waals surface area contributed by atoms with Crippen molar-refractivity contribution in [3.8, 4) is 0 Å². The highest BCUT2D eigenvalue weighted by atomic mass is 16.6. The average molecular weight is 218 g/mol. The molecule has 2 heterocycles. The summed E-state index contributed by atoms with van der Waals surface area (Å²) < 4.78 is 4.89. The number of amides is 1. The largest absolute Gasteiger partial charge is 0.447 e. The summed E-state index contributed by atoms with van der Waals surface area (Å²) in [6.07, 6.45) is 0.652. The molecule has 2 aliphatic heterocycles. The van der Waals surface area contributed by atoms with Crippen molar-refractivity contribution in [3.05, 3.63) is 29.8 Å². The smallest absolute Gasteiger partial charge is 0.407 e. The first-order chi connectivity index (χ1) is 7.83. The summed E-state index contributed by atoms with van der Waals surface area (Å²) in [5.41, 5.74) is 2.57. The molecule has 84 valence electrons. The molecule has 0 aromatic heterocycles. The van der Waals surface area contributed by atoms with Gasteiger partial charge in [0, 0.05) is 18.2 Å². The zero-order valence-electron chi connectivity index (χ0n) is 8.90. The molecule has 3 rings (SSSR count). The number of nitrogens with one attached hydrogen (secondary N) is 2. The lowest BCUT2D eigenvalue weighted by atomic mass is 9.94. The van der Waals surface area contributed by atoms with Gasteiger partial charge in [-0.3, -0.25) is 0 Å². The molecular weight excluding hydrogens is 204 g/mol. The number of anilines is 1. The van der Waals surface area contributed by atoms with E-state index in [0.29, 0.717) is 12.5 Å². The van der Waals surface area contributed by atoms with Crippen LogP contribution in [0, 0.1) is 0 Å². The summed E-state index contributed by atoms with van der Waals surface area (Å²) >= 11 is 0.